The molecule has 1 N–H and O–H groups in total. The van der Waals surface area contributed by atoms with Crippen molar-refractivity contribution in [3.63, 3.8) is 0 Å². The number of nitrogens with one attached hydrogen (secondary N) is 1. The maximum Gasteiger partial charge on any atom is 0.224 e. The highest BCUT2D eigenvalue weighted by atomic mass is 16.5. The highest BCUT2D eigenvalue weighted by Crippen LogP contribution is 2.40. The number of anilines is 1. The molecular weight excluding hydrogens is 406 g/mol. The van der Waals surface area contributed by atoms with Gasteiger partial charge in [0.25, 0.3) is 0 Å². The fourth-order valence-electron chi connectivity index (χ4n) is 3.71. The van der Waals surface area contributed by atoms with E-state index in [9.17, 15) is 4.79 Å². The van der Waals surface area contributed by atoms with Gasteiger partial charge >= 0.3 is 0 Å². The standard InChI is InChI=1S/C25H25N3O4/c1-30-21-15-17(16-22(31-2)25(21)32-3)26-24(29)14-13-23-27-19-11-7-8-12-20(19)28(23)18-9-5-4-6-10-18/h4-12,15-16H,13-14H2,1-3H3,(H,26,29). The van der Waals surface area contributed by atoms with Crippen LogP contribution in [-0.2, 0) is 11.2 Å². The zero-order valence-electron chi connectivity index (χ0n) is 18.3. The maximum absolute atomic E-state index is 12.7. The number of aryl methyl sites for hydroxylation is 1. The van der Waals surface area contributed by atoms with Crippen LogP contribution in [0.5, 0.6) is 17.2 Å². The van der Waals surface area contributed by atoms with Crippen molar-refractivity contribution >= 4 is 22.6 Å². The molecule has 0 aliphatic rings. The number of hydrogen-bond donors (Lipinski definition) is 1. The fraction of sp³-hybridized carbons (Fsp3) is 0.200. The molecule has 1 aromatic heterocycles. The number of nitrogens with zero attached hydrogens (tertiary/aromatic N) is 2. The topological polar surface area (TPSA) is 74.6 Å². The van der Waals surface area contributed by atoms with Gasteiger partial charge in [0, 0.05) is 36.3 Å². The van der Waals surface area contributed by atoms with Crippen molar-refractivity contribution in [2.45, 2.75) is 12.8 Å². The predicted octanol–water partition coefficient (Wildman–Crippen LogP) is 4.62. The van der Waals surface area contributed by atoms with Crippen LogP contribution in [0.1, 0.15) is 12.2 Å². The van der Waals surface area contributed by atoms with E-state index in [0.717, 1.165) is 22.5 Å². The van der Waals surface area contributed by atoms with Crippen LogP contribution in [0.3, 0.4) is 0 Å². The van der Waals surface area contributed by atoms with Crippen LogP contribution in [0.4, 0.5) is 5.69 Å². The number of amides is 1. The third kappa shape index (κ3) is 4.23. The Bertz CT molecular complexity index is 1210. The minimum absolute atomic E-state index is 0.133. The molecule has 0 unspecified atom stereocenters. The zero-order chi connectivity index (χ0) is 22.5. The first-order valence-corrected chi connectivity index (χ1v) is 10.3. The van der Waals surface area contributed by atoms with E-state index in [2.05, 4.69) is 9.88 Å². The Hall–Kier alpha value is -4.00. The van der Waals surface area contributed by atoms with Crippen molar-refractivity contribution in [3.05, 3.63) is 72.6 Å². The first-order valence-electron chi connectivity index (χ1n) is 10.3. The summed E-state index contributed by atoms with van der Waals surface area (Å²) in [6.45, 7) is 0. The summed E-state index contributed by atoms with van der Waals surface area (Å²) in [5.74, 6) is 2.13. The Morgan fingerprint density at radius 2 is 1.56 bits per heavy atom. The number of para-hydroxylation sites is 3. The first kappa shape index (κ1) is 21.2. The number of ether oxygens (including phenoxy) is 3. The van der Waals surface area contributed by atoms with Gasteiger partial charge < -0.3 is 19.5 Å². The normalized spacial score (nSPS) is 10.7. The van der Waals surface area contributed by atoms with Gasteiger partial charge in [0.1, 0.15) is 5.82 Å². The number of hydrogen-bond acceptors (Lipinski definition) is 5. The zero-order valence-corrected chi connectivity index (χ0v) is 18.3. The van der Waals surface area contributed by atoms with E-state index in [-0.39, 0.29) is 12.3 Å². The van der Waals surface area contributed by atoms with Crippen molar-refractivity contribution in [2.24, 2.45) is 0 Å². The molecule has 0 saturated carbocycles. The Balaban J connectivity index is 1.55. The van der Waals surface area contributed by atoms with Gasteiger partial charge in [-0.3, -0.25) is 9.36 Å². The highest BCUT2D eigenvalue weighted by molar-refractivity contribution is 5.91. The van der Waals surface area contributed by atoms with E-state index in [1.807, 2.05) is 54.6 Å². The molecule has 4 aromatic rings. The molecule has 0 saturated heterocycles. The molecule has 1 heterocycles. The lowest BCUT2D eigenvalue weighted by atomic mass is 10.2. The number of fused-ring (bicyclic) bond motifs is 1. The number of aromatic nitrogens is 2. The molecule has 3 aromatic carbocycles. The van der Waals surface area contributed by atoms with E-state index in [1.165, 1.54) is 21.3 Å². The van der Waals surface area contributed by atoms with E-state index in [4.69, 9.17) is 19.2 Å². The Morgan fingerprint density at radius 3 is 2.22 bits per heavy atom. The first-order chi connectivity index (χ1) is 15.6. The van der Waals surface area contributed by atoms with Crippen LogP contribution in [0.25, 0.3) is 16.7 Å². The molecule has 0 bridgehead atoms. The van der Waals surface area contributed by atoms with E-state index in [1.54, 1.807) is 12.1 Å². The van der Waals surface area contributed by atoms with Crippen LogP contribution >= 0.6 is 0 Å². The molecule has 0 radical (unpaired) electrons. The van der Waals surface area contributed by atoms with Crippen molar-refractivity contribution in [3.8, 4) is 22.9 Å². The average Bonchev–Trinajstić information content (AvgIpc) is 3.21. The summed E-state index contributed by atoms with van der Waals surface area (Å²) in [6.07, 6.45) is 0.757. The van der Waals surface area contributed by atoms with Crippen LogP contribution in [0.2, 0.25) is 0 Å². The SMILES string of the molecule is COc1cc(NC(=O)CCc2nc3ccccc3n2-c2ccccc2)cc(OC)c1OC. The van der Waals surface area contributed by atoms with E-state index in [0.29, 0.717) is 29.4 Å². The summed E-state index contributed by atoms with van der Waals surface area (Å²) in [6, 6.07) is 21.4. The van der Waals surface area contributed by atoms with E-state index >= 15 is 0 Å². The fourth-order valence-corrected chi connectivity index (χ4v) is 3.71. The number of carbonyl (C=O) groups excluding carboxylic acids is 1. The molecule has 0 fully saturated rings. The quantitative estimate of drug-likeness (QED) is 0.441. The highest BCUT2D eigenvalue weighted by Gasteiger charge is 2.16. The summed E-state index contributed by atoms with van der Waals surface area (Å²) in [5, 5.41) is 2.91. The Morgan fingerprint density at radius 1 is 0.906 bits per heavy atom. The van der Waals surface area contributed by atoms with Gasteiger partial charge in [-0.15, -0.1) is 0 Å². The molecule has 7 nitrogen and oxygen atoms in total. The van der Waals surface area contributed by atoms with Gasteiger partial charge in [-0.2, -0.15) is 0 Å². The number of carbonyl (C=O) groups is 1. The summed E-state index contributed by atoms with van der Waals surface area (Å²) >= 11 is 0. The average molecular weight is 431 g/mol. The van der Waals surface area contributed by atoms with Gasteiger partial charge in [0.2, 0.25) is 11.7 Å². The maximum atomic E-state index is 12.7. The monoisotopic (exact) mass is 431 g/mol. The van der Waals surface area contributed by atoms with Gasteiger partial charge in [-0.25, -0.2) is 4.98 Å². The molecular formula is C25H25N3O4. The lowest BCUT2D eigenvalue weighted by Gasteiger charge is -2.14. The van der Waals surface area contributed by atoms with Gasteiger partial charge in [0.15, 0.2) is 11.5 Å². The molecule has 32 heavy (non-hydrogen) atoms. The van der Waals surface area contributed by atoms with Crippen molar-refractivity contribution in [1.29, 1.82) is 0 Å². The number of methoxy groups -OCH3 is 3. The molecule has 4 rings (SSSR count). The van der Waals surface area contributed by atoms with Gasteiger partial charge in [-0.1, -0.05) is 30.3 Å². The lowest BCUT2D eigenvalue weighted by molar-refractivity contribution is -0.116. The van der Waals surface area contributed by atoms with E-state index < -0.39 is 0 Å². The molecule has 164 valence electrons. The second kappa shape index (κ2) is 9.43. The molecule has 0 aliphatic heterocycles. The Kier molecular flexibility index (Phi) is 6.26. The largest absolute Gasteiger partial charge is 0.493 e. The number of benzene rings is 3. The summed E-state index contributed by atoms with van der Waals surface area (Å²) in [7, 11) is 4.62. The summed E-state index contributed by atoms with van der Waals surface area (Å²) in [5.41, 5.74) is 3.50. The number of rotatable bonds is 8. The minimum Gasteiger partial charge on any atom is -0.493 e. The molecule has 1 amide bonds. The van der Waals surface area contributed by atoms with Crippen LogP contribution in [-0.4, -0.2) is 36.8 Å². The lowest BCUT2D eigenvalue weighted by Crippen LogP contribution is -2.14. The van der Waals surface area contributed by atoms with Crippen LogP contribution in [0.15, 0.2) is 66.7 Å². The molecule has 7 heteroatoms. The third-order valence-electron chi connectivity index (χ3n) is 5.17. The molecule has 0 spiro atoms. The van der Waals surface area contributed by atoms with Crippen LogP contribution in [0, 0.1) is 0 Å². The summed E-state index contributed by atoms with van der Waals surface area (Å²) < 4.78 is 18.2. The van der Waals surface area contributed by atoms with Gasteiger partial charge in [0.05, 0.1) is 32.4 Å². The second-order valence-electron chi connectivity index (χ2n) is 7.15. The van der Waals surface area contributed by atoms with Gasteiger partial charge in [-0.05, 0) is 24.3 Å². The minimum atomic E-state index is -0.133. The molecule has 0 aliphatic carbocycles. The third-order valence-corrected chi connectivity index (χ3v) is 5.17. The predicted molar refractivity (Wildman–Crippen MR) is 124 cm³/mol. The van der Waals surface area contributed by atoms with Crippen molar-refractivity contribution < 1.29 is 19.0 Å². The van der Waals surface area contributed by atoms with Crippen LogP contribution < -0.4 is 19.5 Å². The smallest absolute Gasteiger partial charge is 0.224 e. The summed E-state index contributed by atoms with van der Waals surface area (Å²) in [4.78, 5) is 17.5. The van der Waals surface area contributed by atoms with Crippen molar-refractivity contribution in [2.75, 3.05) is 26.6 Å². The van der Waals surface area contributed by atoms with Crippen molar-refractivity contribution in [1.82, 2.24) is 9.55 Å². The second-order valence-corrected chi connectivity index (χ2v) is 7.15. The Labute approximate surface area is 186 Å². The number of imidazole rings is 1. The molecule has 0 atom stereocenters.